The van der Waals surface area contributed by atoms with E-state index in [1.54, 1.807) is 30.3 Å². The summed E-state index contributed by atoms with van der Waals surface area (Å²) in [7, 11) is 0. The van der Waals surface area contributed by atoms with Gasteiger partial charge in [0.2, 0.25) is 5.58 Å². The molecule has 0 spiro atoms. The molecule has 0 bridgehead atoms. The Hall–Kier alpha value is -3.66. The number of nitrogens with one attached hydrogen (secondary N) is 3. The van der Waals surface area contributed by atoms with Crippen molar-refractivity contribution in [3.05, 3.63) is 58.2 Å². The number of benzene rings is 1. The largest absolute Gasteiger partial charge is 0.453 e. The molecule has 4 rings (SSSR count). The van der Waals surface area contributed by atoms with Gasteiger partial charge in [-0.25, -0.2) is 19.6 Å². The Balaban J connectivity index is 1.46. The summed E-state index contributed by atoms with van der Waals surface area (Å²) in [6.07, 6.45) is 1.50. The third-order valence-electron chi connectivity index (χ3n) is 4.10. The van der Waals surface area contributed by atoms with Crippen molar-refractivity contribution in [2.45, 2.75) is 26.2 Å². The highest BCUT2D eigenvalue weighted by Gasteiger charge is 2.18. The lowest BCUT2D eigenvalue weighted by Gasteiger charge is -2.14. The Bertz CT molecular complexity index is 1270. The summed E-state index contributed by atoms with van der Waals surface area (Å²) in [6.45, 7) is 6.19. The Morgan fingerprint density at radius 2 is 2.07 bits per heavy atom. The fraction of sp³-hybridized carbons (Fsp3) is 0.200. The second-order valence-electron chi connectivity index (χ2n) is 7.50. The molecule has 3 heterocycles. The van der Waals surface area contributed by atoms with Crippen LogP contribution in [0.25, 0.3) is 11.2 Å². The van der Waals surface area contributed by atoms with Gasteiger partial charge in [0.15, 0.2) is 16.5 Å². The predicted molar refractivity (Wildman–Crippen MR) is 115 cm³/mol. The minimum absolute atomic E-state index is 0.0877. The van der Waals surface area contributed by atoms with Crippen LogP contribution in [0.2, 0.25) is 0 Å². The van der Waals surface area contributed by atoms with Crippen LogP contribution in [0.3, 0.4) is 0 Å². The summed E-state index contributed by atoms with van der Waals surface area (Å²) in [5.74, 6) is 0.170. The Morgan fingerprint density at radius 1 is 1.23 bits per heavy atom. The quantitative estimate of drug-likeness (QED) is 0.435. The van der Waals surface area contributed by atoms with E-state index in [0.29, 0.717) is 28.0 Å². The molecule has 30 heavy (non-hydrogen) atoms. The van der Waals surface area contributed by atoms with E-state index in [4.69, 9.17) is 9.15 Å². The number of hydrogen-bond donors (Lipinski definition) is 3. The average molecular weight is 425 g/mol. The van der Waals surface area contributed by atoms with Crippen LogP contribution in [0, 0.1) is 0 Å². The van der Waals surface area contributed by atoms with Crippen molar-refractivity contribution in [1.82, 2.24) is 15.0 Å². The molecule has 3 aromatic heterocycles. The second kappa shape index (κ2) is 7.64. The molecule has 9 nitrogen and oxygen atoms in total. The molecule has 10 heteroatoms. The van der Waals surface area contributed by atoms with Crippen LogP contribution in [0.5, 0.6) is 11.5 Å². The van der Waals surface area contributed by atoms with Crippen molar-refractivity contribution in [3.63, 3.8) is 0 Å². The van der Waals surface area contributed by atoms with Gasteiger partial charge in [-0.05, 0) is 12.1 Å². The fourth-order valence-electron chi connectivity index (χ4n) is 2.61. The molecule has 0 aliphatic rings. The zero-order valence-corrected chi connectivity index (χ0v) is 17.3. The number of aromatic amines is 1. The first kappa shape index (κ1) is 19.6. The highest BCUT2D eigenvalue weighted by molar-refractivity contribution is 7.14. The summed E-state index contributed by atoms with van der Waals surface area (Å²) < 4.78 is 10.9. The number of anilines is 2. The average Bonchev–Trinajstić information content (AvgIpc) is 3.28. The van der Waals surface area contributed by atoms with Crippen LogP contribution in [-0.4, -0.2) is 21.0 Å². The van der Waals surface area contributed by atoms with E-state index >= 15 is 0 Å². The summed E-state index contributed by atoms with van der Waals surface area (Å²) in [6, 6.07) is 8.01. The van der Waals surface area contributed by atoms with E-state index < -0.39 is 11.8 Å². The van der Waals surface area contributed by atoms with Crippen molar-refractivity contribution in [3.8, 4) is 11.5 Å². The van der Waals surface area contributed by atoms with Crippen molar-refractivity contribution < 1.29 is 13.9 Å². The SMILES string of the molecule is CC(C)(C)c1csc(NC(=O)Nc2cccc(Oc3ccnc4[nH]c(=O)oc34)c2)n1. The number of carbonyl (C=O) groups is 1. The van der Waals surface area contributed by atoms with Gasteiger partial charge in [0.1, 0.15) is 5.75 Å². The fourth-order valence-corrected chi connectivity index (χ4v) is 3.55. The molecule has 4 aromatic rings. The molecule has 0 aliphatic carbocycles. The number of fused-ring (bicyclic) bond motifs is 1. The molecule has 0 radical (unpaired) electrons. The van der Waals surface area contributed by atoms with Gasteiger partial charge in [-0.15, -0.1) is 11.3 Å². The first-order valence-electron chi connectivity index (χ1n) is 9.08. The number of carbonyl (C=O) groups excluding carboxylic acids is 1. The number of hydrogen-bond acceptors (Lipinski definition) is 7. The van der Waals surface area contributed by atoms with E-state index in [-0.39, 0.29) is 11.0 Å². The molecule has 0 saturated carbocycles. The third kappa shape index (κ3) is 4.33. The van der Waals surface area contributed by atoms with Crippen LogP contribution in [0.1, 0.15) is 26.5 Å². The molecule has 0 fully saturated rings. The van der Waals surface area contributed by atoms with E-state index in [9.17, 15) is 9.59 Å². The number of H-pyrrole nitrogens is 1. The van der Waals surface area contributed by atoms with Crippen LogP contribution < -0.4 is 21.1 Å². The third-order valence-corrected chi connectivity index (χ3v) is 4.85. The summed E-state index contributed by atoms with van der Waals surface area (Å²) >= 11 is 1.37. The maximum Gasteiger partial charge on any atom is 0.418 e. The van der Waals surface area contributed by atoms with Crippen LogP contribution >= 0.6 is 11.3 Å². The Kier molecular flexibility index (Phi) is 5.00. The molecular formula is C20H19N5O4S. The van der Waals surface area contributed by atoms with Gasteiger partial charge >= 0.3 is 11.8 Å². The zero-order chi connectivity index (χ0) is 21.3. The number of nitrogens with zero attached hydrogens (tertiary/aromatic N) is 2. The van der Waals surface area contributed by atoms with E-state index in [1.807, 2.05) is 5.38 Å². The molecule has 2 amide bonds. The minimum Gasteiger partial charge on any atom is -0.453 e. The standard InChI is InChI=1S/C20H19N5O4S/c1-20(2,3)14-10-30-18(23-14)25-17(26)22-11-5-4-6-12(9-11)28-13-7-8-21-16-15(13)29-19(27)24-16/h4-10H,1-3H3,(H,21,24,27)(H2,22,23,25,26). The lowest BCUT2D eigenvalue weighted by atomic mass is 9.93. The summed E-state index contributed by atoms with van der Waals surface area (Å²) in [5.41, 5.74) is 1.87. The van der Waals surface area contributed by atoms with Crippen LogP contribution in [0.15, 0.2) is 51.1 Å². The summed E-state index contributed by atoms with van der Waals surface area (Å²) in [4.78, 5) is 34.7. The number of ether oxygens (including phenoxy) is 1. The molecule has 154 valence electrons. The minimum atomic E-state index is -0.613. The van der Waals surface area contributed by atoms with Crippen molar-refractivity contribution in [2.24, 2.45) is 0 Å². The zero-order valence-electron chi connectivity index (χ0n) is 16.5. The molecule has 3 N–H and O–H groups in total. The second-order valence-corrected chi connectivity index (χ2v) is 8.36. The van der Waals surface area contributed by atoms with Crippen molar-refractivity contribution >= 4 is 39.4 Å². The molecule has 0 aliphatic heterocycles. The van der Waals surface area contributed by atoms with Gasteiger partial charge in [0.25, 0.3) is 0 Å². The van der Waals surface area contributed by atoms with E-state index in [0.717, 1.165) is 5.69 Å². The van der Waals surface area contributed by atoms with Crippen molar-refractivity contribution in [1.29, 1.82) is 0 Å². The molecular weight excluding hydrogens is 406 g/mol. The van der Waals surface area contributed by atoms with Gasteiger partial charge in [0, 0.05) is 34.8 Å². The van der Waals surface area contributed by atoms with E-state index in [1.165, 1.54) is 17.5 Å². The highest BCUT2D eigenvalue weighted by atomic mass is 32.1. The smallest absolute Gasteiger partial charge is 0.418 e. The highest BCUT2D eigenvalue weighted by Crippen LogP contribution is 2.29. The number of rotatable bonds is 4. The van der Waals surface area contributed by atoms with Gasteiger partial charge < -0.3 is 14.5 Å². The summed E-state index contributed by atoms with van der Waals surface area (Å²) in [5, 5.41) is 7.93. The monoisotopic (exact) mass is 425 g/mol. The van der Waals surface area contributed by atoms with E-state index in [2.05, 4.69) is 46.4 Å². The maximum atomic E-state index is 12.3. The Morgan fingerprint density at radius 3 is 2.83 bits per heavy atom. The van der Waals surface area contributed by atoms with Crippen LogP contribution in [0.4, 0.5) is 15.6 Å². The first-order chi connectivity index (χ1) is 14.3. The Labute approximate surface area is 175 Å². The van der Waals surface area contributed by atoms with Crippen molar-refractivity contribution in [2.75, 3.05) is 10.6 Å². The lowest BCUT2D eigenvalue weighted by Crippen LogP contribution is -2.19. The van der Waals surface area contributed by atoms with Crippen LogP contribution in [-0.2, 0) is 5.41 Å². The molecule has 1 aromatic carbocycles. The van der Waals surface area contributed by atoms with Gasteiger partial charge in [-0.3, -0.25) is 10.3 Å². The molecule has 0 atom stereocenters. The number of thiazole rings is 1. The number of urea groups is 1. The number of oxazole rings is 1. The van der Waals surface area contributed by atoms with Gasteiger partial charge in [-0.2, -0.15) is 0 Å². The van der Waals surface area contributed by atoms with Gasteiger partial charge in [0.05, 0.1) is 5.69 Å². The predicted octanol–water partition coefficient (Wildman–Crippen LogP) is 4.71. The number of pyridine rings is 1. The maximum absolute atomic E-state index is 12.3. The normalized spacial score (nSPS) is 11.4. The lowest BCUT2D eigenvalue weighted by molar-refractivity contribution is 0.262. The topological polar surface area (TPSA) is 122 Å². The molecule has 0 saturated heterocycles. The number of aromatic nitrogens is 3. The first-order valence-corrected chi connectivity index (χ1v) is 9.96. The molecule has 0 unspecified atom stereocenters. The van der Waals surface area contributed by atoms with Gasteiger partial charge in [-0.1, -0.05) is 26.8 Å². The number of amides is 2.